The SMILES string of the molecule is N#CC1(C(=O)N2CCC(Cc3cccc(C(N)=O)c3)C2)CCOCC1. The Morgan fingerprint density at radius 2 is 2.12 bits per heavy atom. The zero-order valence-electron chi connectivity index (χ0n) is 14.2. The van der Waals surface area contributed by atoms with Gasteiger partial charge in [-0.1, -0.05) is 12.1 Å². The van der Waals surface area contributed by atoms with Crippen LogP contribution in [0, 0.1) is 22.7 Å². The lowest BCUT2D eigenvalue weighted by molar-refractivity contribution is -0.142. The van der Waals surface area contributed by atoms with Crippen LogP contribution in [0.3, 0.4) is 0 Å². The molecule has 0 saturated carbocycles. The van der Waals surface area contributed by atoms with Gasteiger partial charge in [-0.3, -0.25) is 9.59 Å². The van der Waals surface area contributed by atoms with E-state index in [4.69, 9.17) is 10.5 Å². The third kappa shape index (κ3) is 3.67. The van der Waals surface area contributed by atoms with E-state index in [1.807, 2.05) is 23.1 Å². The molecular weight excluding hydrogens is 318 g/mol. The summed E-state index contributed by atoms with van der Waals surface area (Å²) in [7, 11) is 0. The van der Waals surface area contributed by atoms with E-state index >= 15 is 0 Å². The Hall–Kier alpha value is -2.39. The maximum atomic E-state index is 12.9. The summed E-state index contributed by atoms with van der Waals surface area (Å²) < 4.78 is 5.31. The topological polar surface area (TPSA) is 96.4 Å². The first-order valence-corrected chi connectivity index (χ1v) is 8.71. The van der Waals surface area contributed by atoms with E-state index in [1.165, 1.54) is 0 Å². The molecule has 25 heavy (non-hydrogen) atoms. The van der Waals surface area contributed by atoms with Crippen molar-refractivity contribution in [2.75, 3.05) is 26.3 Å². The largest absolute Gasteiger partial charge is 0.381 e. The molecule has 1 atom stereocenters. The number of primary amides is 1. The highest BCUT2D eigenvalue weighted by atomic mass is 16.5. The number of nitrogens with zero attached hydrogens (tertiary/aromatic N) is 2. The van der Waals surface area contributed by atoms with Gasteiger partial charge >= 0.3 is 0 Å². The Balaban J connectivity index is 1.63. The number of hydrogen-bond acceptors (Lipinski definition) is 4. The fraction of sp³-hybridized carbons (Fsp3) is 0.526. The van der Waals surface area contributed by atoms with Crippen LogP contribution in [0.25, 0.3) is 0 Å². The quantitative estimate of drug-likeness (QED) is 0.897. The van der Waals surface area contributed by atoms with Crippen molar-refractivity contribution < 1.29 is 14.3 Å². The Kier molecular flexibility index (Phi) is 5.05. The number of hydrogen-bond donors (Lipinski definition) is 1. The first-order chi connectivity index (χ1) is 12.0. The van der Waals surface area contributed by atoms with Crippen LogP contribution < -0.4 is 5.73 Å². The smallest absolute Gasteiger partial charge is 0.248 e. The van der Waals surface area contributed by atoms with Gasteiger partial charge in [0.1, 0.15) is 5.41 Å². The number of carbonyl (C=O) groups excluding carboxylic acids is 2. The molecule has 2 heterocycles. The van der Waals surface area contributed by atoms with E-state index in [0.717, 1.165) is 18.4 Å². The Morgan fingerprint density at radius 1 is 1.36 bits per heavy atom. The van der Waals surface area contributed by atoms with Crippen LogP contribution in [0.4, 0.5) is 0 Å². The molecule has 3 rings (SSSR count). The van der Waals surface area contributed by atoms with Crippen LogP contribution in [0.5, 0.6) is 0 Å². The molecule has 0 spiro atoms. The van der Waals surface area contributed by atoms with E-state index in [-0.39, 0.29) is 5.91 Å². The van der Waals surface area contributed by atoms with E-state index in [0.29, 0.717) is 50.6 Å². The van der Waals surface area contributed by atoms with Crippen molar-refractivity contribution in [2.45, 2.75) is 25.7 Å². The highest BCUT2D eigenvalue weighted by Gasteiger charge is 2.44. The van der Waals surface area contributed by atoms with Crippen molar-refractivity contribution in [1.29, 1.82) is 5.26 Å². The molecule has 0 radical (unpaired) electrons. The molecule has 0 aromatic heterocycles. The fourth-order valence-electron chi connectivity index (χ4n) is 3.76. The molecule has 1 unspecified atom stereocenters. The predicted octanol–water partition coefficient (Wildman–Crippen LogP) is 1.50. The van der Waals surface area contributed by atoms with Crippen molar-refractivity contribution in [3.8, 4) is 6.07 Å². The van der Waals surface area contributed by atoms with E-state index in [9.17, 15) is 14.9 Å². The van der Waals surface area contributed by atoms with Gasteiger partial charge in [-0.15, -0.1) is 0 Å². The molecule has 6 heteroatoms. The Bertz CT molecular complexity index is 704. The molecule has 2 amide bonds. The third-order valence-electron chi connectivity index (χ3n) is 5.28. The van der Waals surface area contributed by atoms with Gasteiger partial charge in [0.05, 0.1) is 6.07 Å². The molecular formula is C19H23N3O3. The Labute approximate surface area is 147 Å². The normalized spacial score (nSPS) is 22.4. The number of rotatable bonds is 4. The van der Waals surface area contributed by atoms with Gasteiger partial charge in [-0.2, -0.15) is 5.26 Å². The summed E-state index contributed by atoms with van der Waals surface area (Å²) in [6, 6.07) is 9.60. The number of ether oxygens (including phenoxy) is 1. The molecule has 0 aliphatic carbocycles. The molecule has 132 valence electrons. The monoisotopic (exact) mass is 341 g/mol. The number of benzene rings is 1. The van der Waals surface area contributed by atoms with Crippen LogP contribution >= 0.6 is 0 Å². The number of amides is 2. The molecule has 2 saturated heterocycles. The summed E-state index contributed by atoms with van der Waals surface area (Å²) in [5, 5.41) is 9.56. The van der Waals surface area contributed by atoms with Crippen LogP contribution in [0.1, 0.15) is 35.2 Å². The standard InChI is InChI=1S/C19H23N3O3/c20-13-19(5-8-25-9-6-19)18(24)22-7-4-15(12-22)10-14-2-1-3-16(11-14)17(21)23/h1-3,11,15H,4-10,12H2,(H2,21,23). The Morgan fingerprint density at radius 3 is 2.80 bits per heavy atom. The average Bonchev–Trinajstić information content (AvgIpc) is 3.10. The number of nitriles is 1. The van der Waals surface area contributed by atoms with Crippen LogP contribution in [0.2, 0.25) is 0 Å². The lowest BCUT2D eigenvalue weighted by atomic mass is 9.80. The van der Waals surface area contributed by atoms with Crippen molar-refractivity contribution in [1.82, 2.24) is 4.90 Å². The lowest BCUT2D eigenvalue weighted by Crippen LogP contribution is -2.45. The van der Waals surface area contributed by atoms with Crippen molar-refractivity contribution >= 4 is 11.8 Å². The van der Waals surface area contributed by atoms with Gasteiger partial charge < -0.3 is 15.4 Å². The van der Waals surface area contributed by atoms with Gasteiger partial charge in [0.25, 0.3) is 0 Å². The molecule has 2 aliphatic rings. The van der Waals surface area contributed by atoms with E-state index in [2.05, 4.69) is 6.07 Å². The third-order valence-corrected chi connectivity index (χ3v) is 5.28. The molecule has 6 nitrogen and oxygen atoms in total. The van der Waals surface area contributed by atoms with Crippen LogP contribution in [-0.2, 0) is 16.0 Å². The zero-order valence-corrected chi connectivity index (χ0v) is 14.2. The minimum atomic E-state index is -0.918. The van der Waals surface area contributed by atoms with E-state index in [1.54, 1.807) is 6.07 Å². The number of likely N-dealkylation sites (tertiary alicyclic amines) is 1. The van der Waals surface area contributed by atoms with Gasteiger partial charge in [0, 0.05) is 31.9 Å². The highest BCUT2D eigenvalue weighted by molar-refractivity contribution is 5.92. The second kappa shape index (κ2) is 7.24. The van der Waals surface area contributed by atoms with Crippen molar-refractivity contribution in [3.63, 3.8) is 0 Å². The number of carbonyl (C=O) groups is 2. The summed E-state index contributed by atoms with van der Waals surface area (Å²) >= 11 is 0. The molecule has 2 aliphatic heterocycles. The predicted molar refractivity (Wildman–Crippen MR) is 91.4 cm³/mol. The molecule has 2 N–H and O–H groups in total. The van der Waals surface area contributed by atoms with Gasteiger partial charge in [0.2, 0.25) is 11.8 Å². The van der Waals surface area contributed by atoms with E-state index < -0.39 is 11.3 Å². The summed E-state index contributed by atoms with van der Waals surface area (Å²) in [6.07, 6.45) is 2.66. The van der Waals surface area contributed by atoms with Crippen LogP contribution in [0.15, 0.2) is 24.3 Å². The first-order valence-electron chi connectivity index (χ1n) is 8.71. The average molecular weight is 341 g/mol. The first kappa shape index (κ1) is 17.4. The van der Waals surface area contributed by atoms with Crippen LogP contribution in [-0.4, -0.2) is 43.0 Å². The zero-order chi connectivity index (χ0) is 17.9. The van der Waals surface area contributed by atoms with Gasteiger partial charge in [-0.05, 0) is 49.3 Å². The second-order valence-electron chi connectivity index (χ2n) is 6.98. The minimum Gasteiger partial charge on any atom is -0.381 e. The summed E-state index contributed by atoms with van der Waals surface area (Å²) in [5.41, 5.74) is 5.98. The lowest BCUT2D eigenvalue weighted by Gasteiger charge is -2.33. The van der Waals surface area contributed by atoms with Crippen molar-refractivity contribution in [3.05, 3.63) is 35.4 Å². The molecule has 1 aromatic carbocycles. The fourth-order valence-corrected chi connectivity index (χ4v) is 3.76. The summed E-state index contributed by atoms with van der Waals surface area (Å²) in [6.45, 7) is 2.28. The molecule has 1 aromatic rings. The molecule has 0 bridgehead atoms. The second-order valence-corrected chi connectivity index (χ2v) is 6.98. The molecule has 2 fully saturated rings. The van der Waals surface area contributed by atoms with Gasteiger partial charge in [-0.25, -0.2) is 0 Å². The number of nitrogens with two attached hydrogens (primary N) is 1. The minimum absolute atomic E-state index is 0.0494. The van der Waals surface area contributed by atoms with Crippen molar-refractivity contribution in [2.24, 2.45) is 17.1 Å². The van der Waals surface area contributed by atoms with Gasteiger partial charge in [0.15, 0.2) is 0 Å². The highest BCUT2D eigenvalue weighted by Crippen LogP contribution is 2.34. The maximum Gasteiger partial charge on any atom is 0.248 e. The summed E-state index contributed by atoms with van der Waals surface area (Å²) in [4.78, 5) is 26.0. The summed E-state index contributed by atoms with van der Waals surface area (Å²) in [5.74, 6) is -0.144. The maximum absolute atomic E-state index is 12.9.